The summed E-state index contributed by atoms with van der Waals surface area (Å²) in [6.45, 7) is 4.28. The van der Waals surface area contributed by atoms with Crippen LogP contribution in [0.25, 0.3) is 10.8 Å². The smallest absolute Gasteiger partial charge is 0.744 e. The summed E-state index contributed by atoms with van der Waals surface area (Å²) in [5.74, 6) is 0. The van der Waals surface area contributed by atoms with Gasteiger partial charge in [-0.05, 0) is 53.6 Å². The molecule has 0 fully saturated rings. The molecule has 0 spiro atoms. The average Bonchev–Trinajstić information content (AvgIpc) is 2.49. The summed E-state index contributed by atoms with van der Waals surface area (Å²) in [5.41, 5.74) is 2.33. The summed E-state index contributed by atoms with van der Waals surface area (Å²) in [7, 11) is -4.45. The average molecular weight is 359 g/mol. The minimum atomic E-state index is -4.45. The number of hydrogen-bond donors (Lipinski definition) is 0. The predicted molar refractivity (Wildman–Crippen MR) is 89.1 cm³/mol. The molecule has 0 atom stereocenters. The van der Waals surface area contributed by atoms with E-state index >= 15 is 0 Å². The Kier molecular flexibility index (Phi) is 8.94. The molecule has 2 aromatic rings. The van der Waals surface area contributed by atoms with Gasteiger partial charge < -0.3 is 4.55 Å². The maximum Gasteiger partial charge on any atom is 1.00 e. The van der Waals surface area contributed by atoms with E-state index in [4.69, 9.17) is 0 Å². The molecule has 23 heavy (non-hydrogen) atoms. The van der Waals surface area contributed by atoms with Gasteiger partial charge in [0, 0.05) is 0 Å². The Morgan fingerprint density at radius 1 is 0.913 bits per heavy atom. The molecule has 5 heteroatoms. The Morgan fingerprint density at radius 2 is 1.57 bits per heavy atom. The number of aryl methyl sites for hydroxylation is 2. The van der Waals surface area contributed by atoms with Gasteiger partial charge in [-0.3, -0.25) is 0 Å². The van der Waals surface area contributed by atoms with Crippen LogP contribution in [0.1, 0.15) is 50.7 Å². The summed E-state index contributed by atoms with van der Waals surface area (Å²) in [6.07, 6.45) is 6.25. The zero-order valence-electron chi connectivity index (χ0n) is 14.3. The predicted octanol–water partition coefficient (Wildman–Crippen LogP) is 1.43. The SMILES string of the molecule is CCCCc1ccc2c(S(=O)(=O)[O-])ccc(CCCC)c2c1.[K+]. The van der Waals surface area contributed by atoms with Crippen molar-refractivity contribution < 1.29 is 64.4 Å². The van der Waals surface area contributed by atoms with Crippen molar-refractivity contribution in [1.82, 2.24) is 0 Å². The van der Waals surface area contributed by atoms with E-state index in [1.54, 1.807) is 12.1 Å². The fourth-order valence-electron chi connectivity index (χ4n) is 2.77. The molecule has 0 aromatic heterocycles. The van der Waals surface area contributed by atoms with Gasteiger partial charge in [0.05, 0.1) is 4.90 Å². The van der Waals surface area contributed by atoms with E-state index in [1.165, 1.54) is 11.6 Å². The molecule has 2 aromatic carbocycles. The molecule has 0 radical (unpaired) electrons. The summed E-state index contributed by atoms with van der Waals surface area (Å²) in [6, 6.07) is 9.05. The van der Waals surface area contributed by atoms with Crippen molar-refractivity contribution in [3.8, 4) is 0 Å². The first-order valence-corrected chi connectivity index (χ1v) is 9.38. The van der Waals surface area contributed by atoms with E-state index < -0.39 is 10.1 Å². The molecule has 0 aliphatic rings. The fourth-order valence-corrected chi connectivity index (χ4v) is 3.45. The molecule has 120 valence electrons. The summed E-state index contributed by atoms with van der Waals surface area (Å²) in [4.78, 5) is -0.107. The van der Waals surface area contributed by atoms with Gasteiger partial charge in [0.25, 0.3) is 0 Å². The maximum atomic E-state index is 11.5. The molecule has 0 bridgehead atoms. The second-order valence-corrected chi connectivity index (χ2v) is 7.11. The minimum absolute atomic E-state index is 0. The van der Waals surface area contributed by atoms with Crippen molar-refractivity contribution in [2.45, 2.75) is 57.3 Å². The van der Waals surface area contributed by atoms with Gasteiger partial charge in [0.2, 0.25) is 0 Å². The molecular weight excluding hydrogens is 335 g/mol. The molecule has 0 saturated heterocycles. The molecule has 0 amide bonds. The van der Waals surface area contributed by atoms with E-state index in [0.717, 1.165) is 49.5 Å². The molecule has 3 nitrogen and oxygen atoms in total. The van der Waals surface area contributed by atoms with Crippen LogP contribution in [-0.4, -0.2) is 13.0 Å². The molecule has 0 aliphatic heterocycles. The van der Waals surface area contributed by atoms with Gasteiger partial charge in [0.1, 0.15) is 10.1 Å². The summed E-state index contributed by atoms with van der Waals surface area (Å²) >= 11 is 0. The van der Waals surface area contributed by atoms with Gasteiger partial charge in [0.15, 0.2) is 0 Å². The van der Waals surface area contributed by atoms with Crippen LogP contribution in [0.3, 0.4) is 0 Å². The van der Waals surface area contributed by atoms with Crippen molar-refractivity contribution in [3.05, 3.63) is 41.5 Å². The second-order valence-electron chi connectivity index (χ2n) is 5.76. The third kappa shape index (κ3) is 5.63. The van der Waals surface area contributed by atoms with E-state index in [9.17, 15) is 13.0 Å². The van der Waals surface area contributed by atoms with Crippen molar-refractivity contribution >= 4 is 20.9 Å². The molecule has 0 aliphatic carbocycles. The van der Waals surface area contributed by atoms with E-state index in [0.29, 0.717) is 5.39 Å². The zero-order valence-corrected chi connectivity index (χ0v) is 18.2. The fraction of sp³-hybridized carbons (Fsp3) is 0.444. The van der Waals surface area contributed by atoms with Gasteiger partial charge in [-0.2, -0.15) is 0 Å². The molecular formula is C18H23KO3S. The van der Waals surface area contributed by atoms with E-state index in [2.05, 4.69) is 19.9 Å². The first-order chi connectivity index (χ1) is 10.5. The van der Waals surface area contributed by atoms with Crippen molar-refractivity contribution in [3.63, 3.8) is 0 Å². The maximum absolute atomic E-state index is 11.5. The number of benzene rings is 2. The van der Waals surface area contributed by atoms with Gasteiger partial charge >= 0.3 is 51.4 Å². The molecule has 0 saturated carbocycles. The summed E-state index contributed by atoms with van der Waals surface area (Å²) < 4.78 is 34.4. The van der Waals surface area contributed by atoms with Crippen LogP contribution in [0, 0.1) is 0 Å². The normalized spacial score (nSPS) is 11.4. The van der Waals surface area contributed by atoms with Gasteiger partial charge in [-0.25, -0.2) is 8.42 Å². The van der Waals surface area contributed by atoms with Crippen LogP contribution in [0.2, 0.25) is 0 Å². The number of fused-ring (bicyclic) bond motifs is 1. The standard InChI is InChI=1S/C18H24O3S.K/c1-3-5-7-14-9-11-16-17(13-14)15(8-6-4-2)10-12-18(16)22(19,20)21;/h9-13H,3-8H2,1-2H3,(H,19,20,21);/q;+1/p-1. The number of unbranched alkanes of at least 4 members (excludes halogenated alkanes) is 2. The molecule has 0 N–H and O–H groups in total. The Bertz CT molecular complexity index is 754. The van der Waals surface area contributed by atoms with Gasteiger partial charge in [-0.15, -0.1) is 0 Å². The van der Waals surface area contributed by atoms with Crippen LogP contribution in [-0.2, 0) is 23.0 Å². The largest absolute Gasteiger partial charge is 1.00 e. The van der Waals surface area contributed by atoms with Gasteiger partial charge in [-0.1, -0.05) is 51.0 Å². The first kappa shape index (κ1) is 21.3. The third-order valence-corrected chi connectivity index (χ3v) is 4.91. The monoisotopic (exact) mass is 358 g/mol. The molecule has 2 rings (SSSR count). The Balaban J connectivity index is 0.00000264. The van der Waals surface area contributed by atoms with Crippen molar-refractivity contribution in [1.29, 1.82) is 0 Å². The van der Waals surface area contributed by atoms with Crippen LogP contribution in [0.4, 0.5) is 0 Å². The third-order valence-electron chi connectivity index (χ3n) is 4.02. The van der Waals surface area contributed by atoms with Crippen LogP contribution < -0.4 is 51.4 Å². The topological polar surface area (TPSA) is 57.2 Å². The zero-order chi connectivity index (χ0) is 16.2. The molecule has 0 heterocycles. The second kappa shape index (κ2) is 9.66. The quantitative estimate of drug-likeness (QED) is 0.556. The van der Waals surface area contributed by atoms with E-state index in [1.807, 2.05) is 6.07 Å². The van der Waals surface area contributed by atoms with E-state index in [-0.39, 0.29) is 56.3 Å². The molecule has 0 unspecified atom stereocenters. The van der Waals surface area contributed by atoms with Crippen LogP contribution in [0.15, 0.2) is 35.2 Å². The Morgan fingerprint density at radius 3 is 2.17 bits per heavy atom. The Hall–Kier alpha value is 0.246. The van der Waals surface area contributed by atoms with Crippen LogP contribution in [0.5, 0.6) is 0 Å². The van der Waals surface area contributed by atoms with Crippen molar-refractivity contribution in [2.24, 2.45) is 0 Å². The first-order valence-electron chi connectivity index (χ1n) is 7.97. The van der Waals surface area contributed by atoms with Crippen molar-refractivity contribution in [2.75, 3.05) is 0 Å². The summed E-state index contributed by atoms with van der Waals surface area (Å²) in [5, 5.41) is 1.47. The number of rotatable bonds is 7. The number of hydrogen-bond acceptors (Lipinski definition) is 3. The Labute approximate surface area is 182 Å². The van der Waals surface area contributed by atoms with Crippen LogP contribution >= 0.6 is 0 Å². The minimum Gasteiger partial charge on any atom is -0.744 e.